The first-order valence-electron chi connectivity index (χ1n) is 7.10. The Bertz CT molecular complexity index is 484. The summed E-state index contributed by atoms with van der Waals surface area (Å²) >= 11 is 3.48. The highest BCUT2D eigenvalue weighted by atomic mass is 79.9. The van der Waals surface area contributed by atoms with Gasteiger partial charge in [-0.25, -0.2) is 0 Å². The first-order valence-corrected chi connectivity index (χ1v) is 7.89. The Balaban J connectivity index is 0.00000220. The van der Waals surface area contributed by atoms with Gasteiger partial charge >= 0.3 is 0 Å². The molecule has 1 saturated heterocycles. The van der Waals surface area contributed by atoms with Crippen LogP contribution in [0.3, 0.4) is 0 Å². The number of halogens is 2. The maximum absolute atomic E-state index is 12.2. The van der Waals surface area contributed by atoms with E-state index in [1.807, 2.05) is 25.1 Å². The lowest BCUT2D eigenvalue weighted by Gasteiger charge is -2.34. The molecular formula is C15H23BrClN3O. The van der Waals surface area contributed by atoms with Crippen LogP contribution in [-0.4, -0.2) is 36.5 Å². The van der Waals surface area contributed by atoms with Crippen molar-refractivity contribution in [3.05, 3.63) is 28.2 Å². The van der Waals surface area contributed by atoms with Crippen LogP contribution < -0.4 is 11.1 Å². The number of rotatable bonds is 4. The van der Waals surface area contributed by atoms with Crippen LogP contribution in [0.1, 0.15) is 24.8 Å². The molecular weight excluding hydrogens is 354 g/mol. The first-order chi connectivity index (χ1) is 9.60. The third kappa shape index (κ3) is 5.25. The van der Waals surface area contributed by atoms with E-state index in [9.17, 15) is 4.79 Å². The van der Waals surface area contributed by atoms with Crippen molar-refractivity contribution in [1.29, 1.82) is 0 Å². The number of hydrogen-bond donors (Lipinski definition) is 2. The van der Waals surface area contributed by atoms with Crippen LogP contribution in [0.15, 0.2) is 22.7 Å². The SMILES string of the molecule is Cc1ccc(NC(=O)CN2CCCCC2CN)c(Br)c1.Cl. The van der Waals surface area contributed by atoms with Crippen LogP contribution in [-0.2, 0) is 4.79 Å². The number of carbonyl (C=O) groups excluding carboxylic acids is 1. The Kier molecular flexibility index (Phi) is 7.66. The average molecular weight is 377 g/mol. The van der Waals surface area contributed by atoms with Crippen LogP contribution in [0, 0.1) is 6.92 Å². The summed E-state index contributed by atoms with van der Waals surface area (Å²) in [6, 6.07) is 6.26. The molecule has 1 aliphatic rings. The van der Waals surface area contributed by atoms with E-state index in [-0.39, 0.29) is 18.3 Å². The number of nitrogens with two attached hydrogens (primary N) is 1. The van der Waals surface area contributed by atoms with Crippen molar-refractivity contribution in [2.45, 2.75) is 32.2 Å². The summed E-state index contributed by atoms with van der Waals surface area (Å²) < 4.78 is 0.917. The molecule has 1 heterocycles. The summed E-state index contributed by atoms with van der Waals surface area (Å²) in [5.41, 5.74) is 7.76. The topological polar surface area (TPSA) is 58.4 Å². The third-order valence-corrected chi connectivity index (χ3v) is 4.42. The van der Waals surface area contributed by atoms with Crippen LogP contribution >= 0.6 is 28.3 Å². The molecule has 1 atom stereocenters. The molecule has 118 valence electrons. The maximum Gasteiger partial charge on any atom is 0.238 e. The molecule has 1 unspecified atom stereocenters. The van der Waals surface area contributed by atoms with E-state index in [0.29, 0.717) is 19.1 Å². The number of amides is 1. The minimum atomic E-state index is 0. The lowest BCUT2D eigenvalue weighted by Crippen LogP contribution is -2.47. The van der Waals surface area contributed by atoms with Gasteiger partial charge in [-0.3, -0.25) is 9.69 Å². The summed E-state index contributed by atoms with van der Waals surface area (Å²) in [6.07, 6.45) is 3.46. The van der Waals surface area contributed by atoms with Crippen LogP contribution in [0.25, 0.3) is 0 Å². The second-order valence-corrected chi connectivity index (χ2v) is 6.24. The van der Waals surface area contributed by atoms with E-state index in [1.54, 1.807) is 0 Å². The molecule has 1 aromatic rings. The summed E-state index contributed by atoms with van der Waals surface area (Å²) in [4.78, 5) is 14.4. The highest BCUT2D eigenvalue weighted by Gasteiger charge is 2.23. The second-order valence-electron chi connectivity index (χ2n) is 5.39. The summed E-state index contributed by atoms with van der Waals surface area (Å²) in [7, 11) is 0. The zero-order valence-corrected chi connectivity index (χ0v) is 14.7. The third-order valence-electron chi connectivity index (χ3n) is 3.77. The molecule has 1 fully saturated rings. The zero-order valence-electron chi connectivity index (χ0n) is 12.3. The number of benzene rings is 1. The zero-order chi connectivity index (χ0) is 14.5. The Morgan fingerprint density at radius 2 is 2.24 bits per heavy atom. The largest absolute Gasteiger partial charge is 0.329 e. The highest BCUT2D eigenvalue weighted by Crippen LogP contribution is 2.23. The van der Waals surface area contributed by atoms with Crippen molar-refractivity contribution in [1.82, 2.24) is 4.90 Å². The minimum absolute atomic E-state index is 0. The molecule has 21 heavy (non-hydrogen) atoms. The molecule has 0 saturated carbocycles. The summed E-state index contributed by atoms with van der Waals surface area (Å²) in [5, 5.41) is 2.96. The van der Waals surface area contributed by atoms with Crippen molar-refractivity contribution in [3.63, 3.8) is 0 Å². The van der Waals surface area contributed by atoms with Gasteiger partial charge in [-0.05, 0) is 59.9 Å². The maximum atomic E-state index is 12.2. The number of hydrogen-bond acceptors (Lipinski definition) is 3. The molecule has 0 spiro atoms. The molecule has 6 heteroatoms. The van der Waals surface area contributed by atoms with E-state index in [2.05, 4.69) is 26.1 Å². The number of nitrogens with zero attached hydrogens (tertiary/aromatic N) is 1. The van der Waals surface area contributed by atoms with Crippen molar-refractivity contribution >= 4 is 39.9 Å². The predicted octanol–water partition coefficient (Wildman–Crippen LogP) is 2.93. The number of likely N-dealkylation sites (tertiary alicyclic amines) is 1. The number of anilines is 1. The minimum Gasteiger partial charge on any atom is -0.329 e. The van der Waals surface area contributed by atoms with Crippen LogP contribution in [0.4, 0.5) is 5.69 Å². The molecule has 0 aromatic heterocycles. The first kappa shape index (κ1) is 18.4. The standard InChI is InChI=1S/C15H22BrN3O.ClH/c1-11-5-6-14(13(16)8-11)18-15(20)10-19-7-3-2-4-12(19)9-17;/h5-6,8,12H,2-4,7,9-10,17H2,1H3,(H,18,20);1H. The smallest absolute Gasteiger partial charge is 0.238 e. The van der Waals surface area contributed by atoms with Gasteiger partial charge in [0.15, 0.2) is 0 Å². The molecule has 4 nitrogen and oxygen atoms in total. The molecule has 0 bridgehead atoms. The average Bonchev–Trinajstić information content (AvgIpc) is 2.42. The van der Waals surface area contributed by atoms with E-state index in [1.165, 1.54) is 6.42 Å². The quantitative estimate of drug-likeness (QED) is 0.849. The summed E-state index contributed by atoms with van der Waals surface area (Å²) in [6.45, 7) is 4.03. The fraction of sp³-hybridized carbons (Fsp3) is 0.533. The van der Waals surface area contributed by atoms with Gasteiger partial charge in [0.05, 0.1) is 12.2 Å². The predicted molar refractivity (Wildman–Crippen MR) is 93.0 cm³/mol. The van der Waals surface area contributed by atoms with Crippen molar-refractivity contribution in [3.8, 4) is 0 Å². The highest BCUT2D eigenvalue weighted by molar-refractivity contribution is 9.10. The van der Waals surface area contributed by atoms with Gasteiger partial charge < -0.3 is 11.1 Å². The number of nitrogens with one attached hydrogen (secondary N) is 1. The molecule has 1 aromatic carbocycles. The van der Waals surface area contributed by atoms with E-state index >= 15 is 0 Å². The van der Waals surface area contributed by atoms with Crippen molar-refractivity contribution in [2.75, 3.05) is 25.0 Å². The molecule has 2 rings (SSSR count). The molecule has 0 radical (unpaired) electrons. The molecule has 0 aliphatic carbocycles. The van der Waals surface area contributed by atoms with Gasteiger partial charge in [0.25, 0.3) is 0 Å². The Morgan fingerprint density at radius 1 is 1.48 bits per heavy atom. The molecule has 1 aliphatic heterocycles. The lowest BCUT2D eigenvalue weighted by atomic mass is 10.0. The van der Waals surface area contributed by atoms with Gasteiger partial charge in [0, 0.05) is 17.1 Å². The van der Waals surface area contributed by atoms with E-state index in [0.717, 1.165) is 35.1 Å². The van der Waals surface area contributed by atoms with Crippen LogP contribution in [0.2, 0.25) is 0 Å². The van der Waals surface area contributed by atoms with Gasteiger partial charge in [0.2, 0.25) is 5.91 Å². The van der Waals surface area contributed by atoms with Gasteiger partial charge in [-0.15, -0.1) is 12.4 Å². The van der Waals surface area contributed by atoms with E-state index in [4.69, 9.17) is 5.73 Å². The van der Waals surface area contributed by atoms with Crippen molar-refractivity contribution < 1.29 is 4.79 Å². The number of carbonyl (C=O) groups is 1. The van der Waals surface area contributed by atoms with Crippen molar-refractivity contribution in [2.24, 2.45) is 5.73 Å². The Morgan fingerprint density at radius 3 is 2.90 bits per heavy atom. The van der Waals surface area contributed by atoms with Gasteiger partial charge in [0.1, 0.15) is 0 Å². The fourth-order valence-electron chi connectivity index (χ4n) is 2.63. The van der Waals surface area contributed by atoms with Gasteiger partial charge in [-0.2, -0.15) is 0 Å². The normalized spacial score (nSPS) is 18.9. The fourth-order valence-corrected chi connectivity index (χ4v) is 3.22. The Labute approximate surface area is 141 Å². The molecule has 3 N–H and O–H groups in total. The number of piperidine rings is 1. The second kappa shape index (κ2) is 8.73. The summed E-state index contributed by atoms with van der Waals surface area (Å²) in [5.74, 6) is 0.0231. The Hall–Kier alpha value is -0.620. The lowest BCUT2D eigenvalue weighted by molar-refractivity contribution is -0.118. The monoisotopic (exact) mass is 375 g/mol. The van der Waals surface area contributed by atoms with Crippen LogP contribution in [0.5, 0.6) is 0 Å². The van der Waals surface area contributed by atoms with E-state index < -0.39 is 0 Å². The number of aryl methyl sites for hydroxylation is 1. The van der Waals surface area contributed by atoms with Gasteiger partial charge in [-0.1, -0.05) is 12.5 Å². The molecule has 1 amide bonds.